The molecule has 2 heterocycles. The van der Waals surface area contributed by atoms with E-state index in [0.717, 1.165) is 52.1 Å². The third-order valence-corrected chi connectivity index (χ3v) is 6.75. The predicted octanol–water partition coefficient (Wildman–Crippen LogP) is 6.64. The Hall–Kier alpha value is -3.65. The number of hydrogen-bond donors (Lipinski definition) is 4. The second kappa shape index (κ2) is 12.1. The first kappa shape index (κ1) is 26.4. The number of aromatic nitrogens is 3. The molecule has 0 radical (unpaired) electrons. The van der Waals surface area contributed by atoms with Crippen LogP contribution in [0.15, 0.2) is 47.1 Å². The third kappa shape index (κ3) is 6.02. The number of fused-ring (bicyclic) bond motifs is 1. The average Bonchev–Trinajstić information content (AvgIpc) is 3.31. The zero-order valence-electron chi connectivity index (χ0n) is 22.6. The van der Waals surface area contributed by atoms with Crippen molar-refractivity contribution in [1.82, 2.24) is 20.3 Å². The standard InChI is InChI=1S/C27H33N7O.C2H6/c1-16-13-17(2)24-21(14-16)34-27(35-24)33-20-11-9-18(10-12-20)23(29-3)22-25(28)30-15-31-26(22)32-19-7-5-4-6-8-19;1-2/h9-15,19,23,29H,4-8H2,1-3H3,(H,33,34)(H3,28,30,31,32);1-2H3. The largest absolute Gasteiger partial charge is 0.423 e. The molecule has 8 nitrogen and oxygen atoms in total. The second-order valence-corrected chi connectivity index (χ2v) is 9.42. The van der Waals surface area contributed by atoms with Gasteiger partial charge in [-0.05, 0) is 68.6 Å². The van der Waals surface area contributed by atoms with Crippen molar-refractivity contribution in [2.75, 3.05) is 23.4 Å². The van der Waals surface area contributed by atoms with Crippen molar-refractivity contribution >= 4 is 34.4 Å². The van der Waals surface area contributed by atoms with E-state index in [-0.39, 0.29) is 6.04 Å². The molecule has 0 spiro atoms. The summed E-state index contributed by atoms with van der Waals surface area (Å²) in [5.74, 6) is 1.29. The topological polar surface area (TPSA) is 114 Å². The van der Waals surface area contributed by atoms with Crippen molar-refractivity contribution in [3.63, 3.8) is 0 Å². The van der Waals surface area contributed by atoms with Crippen LogP contribution in [0.1, 0.15) is 74.2 Å². The smallest absolute Gasteiger partial charge is 0.300 e. The van der Waals surface area contributed by atoms with Gasteiger partial charge < -0.3 is 26.1 Å². The van der Waals surface area contributed by atoms with E-state index >= 15 is 0 Å². The molecule has 5 N–H and O–H groups in total. The van der Waals surface area contributed by atoms with Crippen molar-refractivity contribution < 1.29 is 4.42 Å². The number of rotatable bonds is 7. The molecule has 5 rings (SSSR count). The SMILES string of the molecule is CC.CNC(c1ccc(Nc2nc3cc(C)cc(C)c3o2)cc1)c1c(N)ncnc1NC1CCCCC1. The molecule has 8 heteroatoms. The van der Waals surface area contributed by atoms with Crippen molar-refractivity contribution in [3.8, 4) is 0 Å². The first-order valence-electron chi connectivity index (χ1n) is 13.3. The lowest BCUT2D eigenvalue weighted by atomic mass is 9.94. The van der Waals surface area contributed by atoms with Crippen LogP contribution in [0, 0.1) is 13.8 Å². The Bertz CT molecular complexity index is 1310. The highest BCUT2D eigenvalue weighted by molar-refractivity contribution is 5.79. The number of benzene rings is 2. The number of nitrogens with one attached hydrogen (secondary N) is 3. The van der Waals surface area contributed by atoms with Crippen LogP contribution in [0.25, 0.3) is 11.1 Å². The summed E-state index contributed by atoms with van der Waals surface area (Å²) < 4.78 is 5.95. The van der Waals surface area contributed by atoms with Crippen LogP contribution in [0.3, 0.4) is 0 Å². The lowest BCUT2D eigenvalue weighted by Gasteiger charge is -2.27. The second-order valence-electron chi connectivity index (χ2n) is 9.42. The van der Waals surface area contributed by atoms with Gasteiger partial charge in [0.15, 0.2) is 5.58 Å². The van der Waals surface area contributed by atoms with Crippen LogP contribution in [0.2, 0.25) is 0 Å². The van der Waals surface area contributed by atoms with Crippen LogP contribution in [-0.2, 0) is 0 Å². The molecule has 0 amide bonds. The summed E-state index contributed by atoms with van der Waals surface area (Å²) in [4.78, 5) is 13.4. The highest BCUT2D eigenvalue weighted by Crippen LogP contribution is 2.33. The van der Waals surface area contributed by atoms with E-state index in [0.29, 0.717) is 17.9 Å². The molecule has 0 aliphatic heterocycles. The van der Waals surface area contributed by atoms with Crippen molar-refractivity contribution in [2.24, 2.45) is 0 Å². The number of oxazole rings is 1. The van der Waals surface area contributed by atoms with Gasteiger partial charge >= 0.3 is 0 Å². The van der Waals surface area contributed by atoms with Crippen LogP contribution >= 0.6 is 0 Å². The Morgan fingerprint density at radius 3 is 2.43 bits per heavy atom. The molecule has 2 aromatic carbocycles. The monoisotopic (exact) mass is 501 g/mol. The highest BCUT2D eigenvalue weighted by atomic mass is 16.4. The summed E-state index contributed by atoms with van der Waals surface area (Å²) >= 11 is 0. The third-order valence-electron chi connectivity index (χ3n) is 6.75. The van der Waals surface area contributed by atoms with Gasteiger partial charge in [0.25, 0.3) is 6.01 Å². The zero-order valence-corrected chi connectivity index (χ0v) is 22.6. The van der Waals surface area contributed by atoms with E-state index < -0.39 is 0 Å². The predicted molar refractivity (Wildman–Crippen MR) is 152 cm³/mol. The van der Waals surface area contributed by atoms with Crippen molar-refractivity contribution in [3.05, 3.63) is 65.0 Å². The fraction of sp³-hybridized carbons (Fsp3) is 0.414. The number of nitrogen functional groups attached to an aromatic ring is 1. The number of aryl methyl sites for hydroxylation is 2. The lowest BCUT2D eigenvalue weighted by Crippen LogP contribution is -2.27. The summed E-state index contributed by atoms with van der Waals surface area (Å²) in [5.41, 5.74) is 13.1. The Kier molecular flexibility index (Phi) is 8.61. The molecule has 37 heavy (non-hydrogen) atoms. The molecule has 1 unspecified atom stereocenters. The molecule has 196 valence electrons. The molecule has 2 aromatic heterocycles. The van der Waals surface area contributed by atoms with Crippen LogP contribution < -0.4 is 21.7 Å². The fourth-order valence-electron chi connectivity index (χ4n) is 5.04. The number of anilines is 4. The van der Waals surface area contributed by atoms with E-state index in [1.165, 1.54) is 31.2 Å². The van der Waals surface area contributed by atoms with Gasteiger partial charge in [-0.15, -0.1) is 0 Å². The summed E-state index contributed by atoms with van der Waals surface area (Å²) in [6.07, 6.45) is 7.64. The first-order chi connectivity index (χ1) is 18.0. The average molecular weight is 502 g/mol. The van der Waals surface area contributed by atoms with Gasteiger partial charge in [0.1, 0.15) is 23.5 Å². The molecule has 1 aliphatic rings. The number of nitrogens with zero attached hydrogens (tertiary/aromatic N) is 3. The molecule has 1 aliphatic carbocycles. The van der Waals surface area contributed by atoms with E-state index in [9.17, 15) is 0 Å². The van der Waals surface area contributed by atoms with Gasteiger partial charge in [0.05, 0.1) is 11.6 Å². The molecule has 0 bridgehead atoms. The van der Waals surface area contributed by atoms with E-state index in [1.54, 1.807) is 0 Å². The fourth-order valence-corrected chi connectivity index (χ4v) is 5.04. The quantitative estimate of drug-likeness (QED) is 0.223. The summed E-state index contributed by atoms with van der Waals surface area (Å²) in [6, 6.07) is 13.0. The minimum atomic E-state index is -0.147. The van der Waals surface area contributed by atoms with Crippen LogP contribution in [0.5, 0.6) is 0 Å². The van der Waals surface area contributed by atoms with Gasteiger partial charge in [-0.1, -0.05) is 51.3 Å². The maximum Gasteiger partial charge on any atom is 0.300 e. The minimum Gasteiger partial charge on any atom is -0.423 e. The number of nitrogens with two attached hydrogens (primary N) is 1. The molecule has 1 saturated carbocycles. The highest BCUT2D eigenvalue weighted by Gasteiger charge is 2.23. The van der Waals surface area contributed by atoms with Crippen LogP contribution in [0.4, 0.5) is 23.3 Å². The van der Waals surface area contributed by atoms with Crippen LogP contribution in [-0.4, -0.2) is 28.0 Å². The first-order valence-corrected chi connectivity index (χ1v) is 13.3. The van der Waals surface area contributed by atoms with E-state index in [1.807, 2.05) is 46.0 Å². The summed E-state index contributed by atoms with van der Waals surface area (Å²) in [5, 5.41) is 10.3. The maximum absolute atomic E-state index is 6.37. The normalized spacial score (nSPS) is 14.6. The molecular weight excluding hydrogens is 462 g/mol. The minimum absolute atomic E-state index is 0.147. The summed E-state index contributed by atoms with van der Waals surface area (Å²) in [7, 11) is 1.93. The van der Waals surface area contributed by atoms with E-state index in [4.69, 9.17) is 10.2 Å². The Morgan fingerprint density at radius 1 is 1.00 bits per heavy atom. The van der Waals surface area contributed by atoms with Crippen molar-refractivity contribution in [1.29, 1.82) is 0 Å². The van der Waals surface area contributed by atoms with E-state index in [2.05, 4.69) is 56.0 Å². The summed E-state index contributed by atoms with van der Waals surface area (Å²) in [6.45, 7) is 8.10. The van der Waals surface area contributed by atoms with Crippen molar-refractivity contribution in [2.45, 2.75) is 71.9 Å². The maximum atomic E-state index is 6.37. The zero-order chi connectivity index (χ0) is 26.4. The lowest BCUT2D eigenvalue weighted by molar-refractivity contribution is 0.461. The van der Waals surface area contributed by atoms with Gasteiger partial charge in [0.2, 0.25) is 0 Å². The molecule has 1 atom stereocenters. The molecule has 4 aromatic rings. The Balaban J connectivity index is 0.00000156. The molecule has 1 fully saturated rings. The number of hydrogen-bond acceptors (Lipinski definition) is 8. The van der Waals surface area contributed by atoms with Gasteiger partial charge in [-0.2, -0.15) is 4.98 Å². The van der Waals surface area contributed by atoms with Gasteiger partial charge in [-0.25, -0.2) is 9.97 Å². The van der Waals surface area contributed by atoms with Gasteiger partial charge in [-0.3, -0.25) is 0 Å². The molecule has 0 saturated heterocycles. The Labute approximate surface area is 219 Å². The Morgan fingerprint density at radius 2 is 1.73 bits per heavy atom. The van der Waals surface area contributed by atoms with Gasteiger partial charge in [0, 0.05) is 11.7 Å². The molecular formula is C29H39N7O.